The monoisotopic (exact) mass is 243 g/mol. The van der Waals surface area contributed by atoms with E-state index < -0.39 is 0 Å². The van der Waals surface area contributed by atoms with Crippen molar-refractivity contribution in [3.8, 4) is 0 Å². The SMILES string of the molecule is CCCCC(CCC)NC(CC)C(=O)OCC. The van der Waals surface area contributed by atoms with E-state index >= 15 is 0 Å². The van der Waals surface area contributed by atoms with Crippen LogP contribution < -0.4 is 5.32 Å². The Morgan fingerprint density at radius 2 is 1.82 bits per heavy atom. The van der Waals surface area contributed by atoms with E-state index in [2.05, 4.69) is 19.2 Å². The molecule has 0 rings (SSSR count). The second kappa shape index (κ2) is 10.6. The van der Waals surface area contributed by atoms with Crippen LogP contribution in [0.3, 0.4) is 0 Å². The molecule has 0 aliphatic rings. The molecule has 0 aromatic carbocycles. The summed E-state index contributed by atoms with van der Waals surface area (Å²) < 4.78 is 5.08. The highest BCUT2D eigenvalue weighted by molar-refractivity contribution is 5.75. The van der Waals surface area contributed by atoms with E-state index in [0.717, 1.165) is 25.7 Å². The number of hydrogen-bond acceptors (Lipinski definition) is 3. The van der Waals surface area contributed by atoms with E-state index in [1.54, 1.807) is 0 Å². The van der Waals surface area contributed by atoms with Crippen LogP contribution in [0.1, 0.15) is 66.2 Å². The van der Waals surface area contributed by atoms with Crippen molar-refractivity contribution >= 4 is 5.97 Å². The first-order chi connectivity index (χ1) is 8.19. The molecule has 2 unspecified atom stereocenters. The highest BCUT2D eigenvalue weighted by Crippen LogP contribution is 2.09. The Kier molecular flexibility index (Phi) is 10.2. The van der Waals surface area contributed by atoms with Crippen molar-refractivity contribution < 1.29 is 9.53 Å². The third kappa shape index (κ3) is 7.37. The van der Waals surface area contributed by atoms with Gasteiger partial charge in [-0.3, -0.25) is 4.79 Å². The Balaban J connectivity index is 4.21. The molecule has 102 valence electrons. The molecule has 0 aliphatic carbocycles. The van der Waals surface area contributed by atoms with E-state index in [1.165, 1.54) is 12.8 Å². The lowest BCUT2D eigenvalue weighted by Gasteiger charge is -2.23. The fourth-order valence-corrected chi connectivity index (χ4v) is 1.99. The minimum Gasteiger partial charge on any atom is -0.465 e. The number of hydrogen-bond donors (Lipinski definition) is 1. The van der Waals surface area contributed by atoms with Crippen LogP contribution in [0.4, 0.5) is 0 Å². The summed E-state index contributed by atoms with van der Waals surface area (Å²) in [6, 6.07) is 0.317. The zero-order chi connectivity index (χ0) is 13.1. The average molecular weight is 243 g/mol. The van der Waals surface area contributed by atoms with Crippen molar-refractivity contribution in [2.75, 3.05) is 6.61 Å². The molecule has 17 heavy (non-hydrogen) atoms. The fourth-order valence-electron chi connectivity index (χ4n) is 1.99. The smallest absolute Gasteiger partial charge is 0.323 e. The zero-order valence-electron chi connectivity index (χ0n) is 11.9. The summed E-state index contributed by atoms with van der Waals surface area (Å²) in [5, 5.41) is 3.45. The van der Waals surface area contributed by atoms with Crippen molar-refractivity contribution in [2.45, 2.75) is 78.3 Å². The highest BCUT2D eigenvalue weighted by atomic mass is 16.5. The van der Waals surface area contributed by atoms with Gasteiger partial charge in [0.1, 0.15) is 6.04 Å². The van der Waals surface area contributed by atoms with Crippen LogP contribution >= 0.6 is 0 Å². The van der Waals surface area contributed by atoms with E-state index in [4.69, 9.17) is 4.74 Å². The van der Waals surface area contributed by atoms with E-state index in [1.807, 2.05) is 13.8 Å². The van der Waals surface area contributed by atoms with E-state index in [0.29, 0.717) is 12.6 Å². The Bertz CT molecular complexity index is 195. The van der Waals surface area contributed by atoms with Gasteiger partial charge in [-0.2, -0.15) is 0 Å². The van der Waals surface area contributed by atoms with Crippen LogP contribution in [0, 0.1) is 0 Å². The number of ether oxygens (including phenoxy) is 1. The van der Waals surface area contributed by atoms with Gasteiger partial charge in [-0.25, -0.2) is 0 Å². The van der Waals surface area contributed by atoms with Crippen LogP contribution in [-0.2, 0) is 9.53 Å². The summed E-state index contributed by atoms with van der Waals surface area (Å²) >= 11 is 0. The second-order valence-corrected chi connectivity index (χ2v) is 4.51. The minimum absolute atomic E-state index is 0.104. The van der Waals surface area contributed by atoms with E-state index in [-0.39, 0.29) is 12.0 Å². The molecule has 3 nitrogen and oxygen atoms in total. The maximum atomic E-state index is 11.7. The van der Waals surface area contributed by atoms with Gasteiger partial charge in [0, 0.05) is 6.04 Å². The topological polar surface area (TPSA) is 38.3 Å². The number of nitrogens with one attached hydrogen (secondary N) is 1. The predicted molar refractivity (Wildman–Crippen MR) is 72.1 cm³/mol. The number of rotatable bonds is 10. The molecule has 0 aromatic heterocycles. The molecule has 2 atom stereocenters. The fraction of sp³-hybridized carbons (Fsp3) is 0.929. The number of carbonyl (C=O) groups excluding carboxylic acids is 1. The lowest BCUT2D eigenvalue weighted by atomic mass is 10.0. The molecule has 0 radical (unpaired) electrons. The Morgan fingerprint density at radius 3 is 2.29 bits per heavy atom. The Morgan fingerprint density at radius 1 is 1.12 bits per heavy atom. The lowest BCUT2D eigenvalue weighted by Crippen LogP contribution is -2.43. The third-order valence-electron chi connectivity index (χ3n) is 2.96. The maximum Gasteiger partial charge on any atom is 0.323 e. The Labute approximate surface area is 106 Å². The molecule has 0 amide bonds. The van der Waals surface area contributed by atoms with Gasteiger partial charge in [0.25, 0.3) is 0 Å². The number of carbonyl (C=O) groups is 1. The molecule has 0 aromatic rings. The summed E-state index contributed by atoms with van der Waals surface area (Å²) in [5.74, 6) is -0.104. The number of unbranched alkanes of at least 4 members (excludes halogenated alkanes) is 1. The minimum atomic E-state index is -0.136. The molecule has 1 N–H and O–H groups in total. The summed E-state index contributed by atoms with van der Waals surface area (Å²) in [6.45, 7) is 8.73. The van der Waals surface area contributed by atoms with Gasteiger partial charge in [-0.05, 0) is 26.2 Å². The van der Waals surface area contributed by atoms with Crippen LogP contribution in [0.15, 0.2) is 0 Å². The molecule has 0 spiro atoms. The quantitative estimate of drug-likeness (QED) is 0.598. The number of esters is 1. The van der Waals surface area contributed by atoms with Crippen molar-refractivity contribution in [1.29, 1.82) is 0 Å². The highest BCUT2D eigenvalue weighted by Gasteiger charge is 2.20. The molecule has 0 fully saturated rings. The van der Waals surface area contributed by atoms with E-state index in [9.17, 15) is 4.79 Å². The van der Waals surface area contributed by atoms with Gasteiger partial charge in [-0.15, -0.1) is 0 Å². The predicted octanol–water partition coefficient (Wildman–Crippen LogP) is 3.28. The van der Waals surface area contributed by atoms with Crippen LogP contribution in [0.5, 0.6) is 0 Å². The molecular weight excluding hydrogens is 214 g/mol. The van der Waals surface area contributed by atoms with Gasteiger partial charge in [-0.1, -0.05) is 40.0 Å². The summed E-state index contributed by atoms with van der Waals surface area (Å²) in [5.41, 5.74) is 0. The molecule has 3 heteroatoms. The normalized spacial score (nSPS) is 14.4. The molecule has 0 heterocycles. The second-order valence-electron chi connectivity index (χ2n) is 4.51. The maximum absolute atomic E-state index is 11.7. The van der Waals surface area contributed by atoms with Gasteiger partial charge < -0.3 is 10.1 Å². The van der Waals surface area contributed by atoms with Crippen molar-refractivity contribution in [2.24, 2.45) is 0 Å². The van der Waals surface area contributed by atoms with Gasteiger partial charge in [0.2, 0.25) is 0 Å². The first-order valence-electron chi connectivity index (χ1n) is 7.12. The van der Waals surface area contributed by atoms with Crippen molar-refractivity contribution in [1.82, 2.24) is 5.32 Å². The summed E-state index contributed by atoms with van der Waals surface area (Å²) in [7, 11) is 0. The van der Waals surface area contributed by atoms with Gasteiger partial charge in [0.05, 0.1) is 6.61 Å². The van der Waals surface area contributed by atoms with Crippen LogP contribution in [0.25, 0.3) is 0 Å². The molecule has 0 saturated heterocycles. The van der Waals surface area contributed by atoms with Gasteiger partial charge >= 0.3 is 5.97 Å². The first kappa shape index (κ1) is 16.4. The molecule has 0 bridgehead atoms. The van der Waals surface area contributed by atoms with Crippen LogP contribution in [0.2, 0.25) is 0 Å². The van der Waals surface area contributed by atoms with Crippen LogP contribution in [-0.4, -0.2) is 24.7 Å². The first-order valence-corrected chi connectivity index (χ1v) is 7.12. The zero-order valence-corrected chi connectivity index (χ0v) is 11.9. The average Bonchev–Trinajstić information content (AvgIpc) is 2.32. The van der Waals surface area contributed by atoms with Crippen molar-refractivity contribution in [3.05, 3.63) is 0 Å². The third-order valence-corrected chi connectivity index (χ3v) is 2.96. The molecule has 0 aliphatic heterocycles. The summed E-state index contributed by atoms with van der Waals surface area (Å²) in [6.07, 6.45) is 6.66. The van der Waals surface area contributed by atoms with Gasteiger partial charge in [0.15, 0.2) is 0 Å². The lowest BCUT2D eigenvalue weighted by molar-refractivity contribution is -0.146. The molecular formula is C14H29NO2. The molecule has 0 saturated carbocycles. The Hall–Kier alpha value is -0.570. The van der Waals surface area contributed by atoms with Crippen molar-refractivity contribution in [3.63, 3.8) is 0 Å². The standard InChI is InChI=1S/C14H29NO2/c1-5-9-11-12(10-6-2)15-13(7-3)14(16)17-8-4/h12-13,15H,5-11H2,1-4H3. The summed E-state index contributed by atoms with van der Waals surface area (Å²) in [4.78, 5) is 11.7. The largest absolute Gasteiger partial charge is 0.465 e.